The molecule has 10 nitrogen and oxygen atoms in total. The van der Waals surface area contributed by atoms with E-state index >= 15 is 0 Å². The number of nitrogens with one attached hydrogen (secondary N) is 1. The zero-order chi connectivity index (χ0) is 20.6. The number of carbonyl (C=O) groups excluding carboxylic acids is 1. The van der Waals surface area contributed by atoms with Crippen LogP contribution in [0.5, 0.6) is 0 Å². The van der Waals surface area contributed by atoms with Crippen molar-refractivity contribution < 1.29 is 13.2 Å². The van der Waals surface area contributed by atoms with Crippen LogP contribution in [0.4, 0.5) is 17.3 Å². The predicted octanol–water partition coefficient (Wildman–Crippen LogP) is 0.973. The van der Waals surface area contributed by atoms with Gasteiger partial charge in [-0.25, -0.2) is 8.42 Å². The van der Waals surface area contributed by atoms with E-state index in [0.29, 0.717) is 43.2 Å². The molecule has 0 aliphatic carbocycles. The van der Waals surface area contributed by atoms with Crippen LogP contribution in [0.3, 0.4) is 0 Å². The summed E-state index contributed by atoms with van der Waals surface area (Å²) in [4.78, 5) is 22.5. The van der Waals surface area contributed by atoms with E-state index in [-0.39, 0.29) is 16.7 Å². The van der Waals surface area contributed by atoms with Gasteiger partial charge in [0.1, 0.15) is 18.0 Å². The molecule has 0 radical (unpaired) electrons. The smallest absolute Gasteiger partial charge is 0.256 e. The van der Waals surface area contributed by atoms with E-state index in [2.05, 4.69) is 25.3 Å². The topological polar surface area (TPSA) is 136 Å². The van der Waals surface area contributed by atoms with Gasteiger partial charge >= 0.3 is 0 Å². The van der Waals surface area contributed by atoms with Crippen molar-refractivity contribution in [1.29, 1.82) is 0 Å². The Hall–Kier alpha value is -3.21. The molecule has 0 atom stereocenters. The molecule has 3 heterocycles. The normalized spacial score (nSPS) is 15.6. The van der Waals surface area contributed by atoms with Crippen LogP contribution in [-0.4, -0.2) is 53.3 Å². The molecule has 0 unspecified atom stereocenters. The van der Waals surface area contributed by atoms with Gasteiger partial charge in [-0.05, 0) is 37.1 Å². The summed E-state index contributed by atoms with van der Waals surface area (Å²) in [6, 6.07) is 8.34. The van der Waals surface area contributed by atoms with Crippen molar-refractivity contribution in [2.75, 3.05) is 29.6 Å². The highest BCUT2D eigenvalue weighted by Gasteiger charge is 2.24. The monoisotopic (exact) mass is 415 g/mol. The number of rotatable bonds is 5. The fourth-order valence-corrected chi connectivity index (χ4v) is 4.01. The maximum Gasteiger partial charge on any atom is 0.256 e. The van der Waals surface area contributed by atoms with E-state index in [1.165, 1.54) is 12.6 Å². The quantitative estimate of drug-likeness (QED) is 0.629. The minimum absolute atomic E-state index is 0.103. The first kappa shape index (κ1) is 19.1. The number of primary amides is 1. The molecule has 1 saturated heterocycles. The summed E-state index contributed by atoms with van der Waals surface area (Å²) in [7, 11) is -3.25. The van der Waals surface area contributed by atoms with Crippen LogP contribution < -0.4 is 16.0 Å². The molecule has 0 bridgehead atoms. The Kier molecular flexibility index (Phi) is 4.82. The number of fused-ring (bicyclic) bond motifs is 1. The van der Waals surface area contributed by atoms with Crippen molar-refractivity contribution >= 4 is 38.8 Å². The highest BCUT2D eigenvalue weighted by atomic mass is 32.2. The highest BCUT2D eigenvalue weighted by Crippen LogP contribution is 2.26. The number of sulfone groups is 1. The molecular formula is C18H21N7O3S. The van der Waals surface area contributed by atoms with Crippen LogP contribution in [-0.2, 0) is 14.6 Å². The highest BCUT2D eigenvalue weighted by molar-refractivity contribution is 7.90. The molecule has 11 heteroatoms. The van der Waals surface area contributed by atoms with Gasteiger partial charge < -0.3 is 16.0 Å². The number of hydrogen-bond donors (Lipinski definition) is 2. The molecule has 1 aromatic carbocycles. The molecular weight excluding hydrogens is 394 g/mol. The molecule has 0 saturated carbocycles. The Bertz CT molecular complexity index is 1150. The van der Waals surface area contributed by atoms with Crippen molar-refractivity contribution in [3.63, 3.8) is 0 Å². The maximum atomic E-state index is 11.6. The van der Waals surface area contributed by atoms with Crippen molar-refractivity contribution in [2.45, 2.75) is 17.7 Å². The first-order chi connectivity index (χ1) is 13.8. The lowest BCUT2D eigenvalue weighted by Gasteiger charge is -2.31. The third-order valence-electron chi connectivity index (χ3n) is 5.01. The van der Waals surface area contributed by atoms with E-state index in [4.69, 9.17) is 5.73 Å². The van der Waals surface area contributed by atoms with E-state index in [9.17, 15) is 13.2 Å². The molecule has 29 heavy (non-hydrogen) atoms. The van der Waals surface area contributed by atoms with E-state index in [1.54, 1.807) is 28.8 Å². The van der Waals surface area contributed by atoms with Gasteiger partial charge in [0, 0.05) is 37.0 Å². The van der Waals surface area contributed by atoms with E-state index in [1.807, 2.05) is 6.07 Å². The summed E-state index contributed by atoms with van der Waals surface area (Å²) < 4.78 is 24.9. The Morgan fingerprint density at radius 3 is 2.52 bits per heavy atom. The van der Waals surface area contributed by atoms with Gasteiger partial charge in [0.2, 0.25) is 5.91 Å². The van der Waals surface area contributed by atoms with Crippen LogP contribution in [0, 0.1) is 5.92 Å². The molecule has 1 fully saturated rings. The molecule has 152 valence electrons. The van der Waals surface area contributed by atoms with Gasteiger partial charge in [0.05, 0.1) is 4.90 Å². The predicted molar refractivity (Wildman–Crippen MR) is 108 cm³/mol. The zero-order valence-corrected chi connectivity index (χ0v) is 16.6. The van der Waals surface area contributed by atoms with Crippen LogP contribution in [0.25, 0.3) is 5.78 Å². The fraction of sp³-hybridized carbons (Fsp3) is 0.333. The van der Waals surface area contributed by atoms with Gasteiger partial charge in [-0.3, -0.25) is 4.79 Å². The second-order valence-corrected chi connectivity index (χ2v) is 9.07. The SMILES string of the molecule is CS(=O)(=O)c1ccc(Nc2cc(N3CCC(C(N)=O)CC3)nc3ncnn23)cc1. The van der Waals surface area contributed by atoms with Crippen molar-refractivity contribution in [3.8, 4) is 0 Å². The summed E-state index contributed by atoms with van der Waals surface area (Å²) in [5.74, 6) is 1.45. The van der Waals surface area contributed by atoms with Gasteiger partial charge in [-0.1, -0.05) is 0 Å². The molecule has 3 N–H and O–H groups in total. The third kappa shape index (κ3) is 3.99. The van der Waals surface area contributed by atoms with Crippen LogP contribution in [0.15, 0.2) is 41.6 Å². The molecule has 4 rings (SSSR count). The first-order valence-corrected chi connectivity index (χ1v) is 11.0. The standard InChI is InChI=1S/C18H21N7O3S/c1-29(27,28)14-4-2-13(3-5-14)22-16-10-15(23-18-20-11-21-25(16)18)24-8-6-12(7-9-24)17(19)26/h2-5,10-12,22H,6-9H2,1H3,(H2,19,26). The van der Waals surface area contributed by atoms with Crippen molar-refractivity contribution in [3.05, 3.63) is 36.7 Å². The third-order valence-corrected chi connectivity index (χ3v) is 6.14. The maximum absolute atomic E-state index is 11.6. The Balaban J connectivity index is 1.61. The lowest BCUT2D eigenvalue weighted by molar-refractivity contribution is -0.122. The average molecular weight is 415 g/mol. The number of aromatic nitrogens is 4. The van der Waals surface area contributed by atoms with E-state index in [0.717, 1.165) is 5.82 Å². The number of piperidine rings is 1. The number of amides is 1. The first-order valence-electron chi connectivity index (χ1n) is 9.13. The average Bonchev–Trinajstić information content (AvgIpc) is 3.17. The largest absolute Gasteiger partial charge is 0.369 e. The van der Waals surface area contributed by atoms with E-state index < -0.39 is 9.84 Å². The second-order valence-electron chi connectivity index (χ2n) is 7.06. The molecule has 1 aliphatic heterocycles. The number of carbonyl (C=O) groups is 1. The summed E-state index contributed by atoms with van der Waals surface area (Å²) in [5, 5.41) is 7.44. The fourth-order valence-electron chi connectivity index (χ4n) is 3.38. The summed E-state index contributed by atoms with van der Waals surface area (Å²) >= 11 is 0. The van der Waals surface area contributed by atoms with Gasteiger partial charge in [0.15, 0.2) is 9.84 Å². The Labute approximate surface area is 167 Å². The number of anilines is 3. The minimum atomic E-state index is -3.25. The summed E-state index contributed by atoms with van der Waals surface area (Å²) in [6.45, 7) is 1.35. The number of nitrogens with two attached hydrogens (primary N) is 1. The Morgan fingerprint density at radius 1 is 1.21 bits per heavy atom. The van der Waals surface area contributed by atoms with Crippen LogP contribution in [0.2, 0.25) is 0 Å². The van der Waals surface area contributed by atoms with Crippen LogP contribution in [0.1, 0.15) is 12.8 Å². The second kappa shape index (κ2) is 7.32. The molecule has 1 amide bonds. The van der Waals surface area contributed by atoms with Crippen molar-refractivity contribution in [1.82, 2.24) is 19.6 Å². The molecule has 1 aliphatic rings. The number of nitrogens with zero attached hydrogens (tertiary/aromatic N) is 5. The lowest BCUT2D eigenvalue weighted by Crippen LogP contribution is -2.39. The van der Waals surface area contributed by atoms with Gasteiger partial charge in [-0.2, -0.15) is 19.6 Å². The van der Waals surface area contributed by atoms with Gasteiger partial charge in [-0.15, -0.1) is 0 Å². The number of benzene rings is 1. The van der Waals surface area contributed by atoms with Gasteiger partial charge in [0.25, 0.3) is 5.78 Å². The minimum Gasteiger partial charge on any atom is -0.369 e. The zero-order valence-electron chi connectivity index (χ0n) is 15.8. The lowest BCUT2D eigenvalue weighted by atomic mass is 9.96. The van der Waals surface area contributed by atoms with Crippen LogP contribution >= 0.6 is 0 Å². The van der Waals surface area contributed by atoms with Crippen molar-refractivity contribution in [2.24, 2.45) is 11.7 Å². The Morgan fingerprint density at radius 2 is 1.90 bits per heavy atom. The molecule has 3 aromatic rings. The summed E-state index contributed by atoms with van der Waals surface area (Å²) in [5.41, 5.74) is 6.12. The molecule has 0 spiro atoms. The molecule has 2 aromatic heterocycles. The number of hydrogen-bond acceptors (Lipinski definition) is 8. The summed E-state index contributed by atoms with van der Waals surface area (Å²) in [6.07, 6.45) is 3.96.